The lowest BCUT2D eigenvalue weighted by Gasteiger charge is -2.63. The first-order valence-electron chi connectivity index (χ1n) is 25.8. The van der Waals surface area contributed by atoms with Crippen molar-refractivity contribution in [2.45, 2.75) is 214 Å². The van der Waals surface area contributed by atoms with Gasteiger partial charge in [0, 0.05) is 0 Å². The Hall–Kier alpha value is -0.280. The van der Waals surface area contributed by atoms with Gasteiger partial charge >= 0.3 is 0 Å². The van der Waals surface area contributed by atoms with E-state index in [-0.39, 0.29) is 70.1 Å². The molecule has 7 heteroatoms. The lowest BCUT2D eigenvalue weighted by Crippen LogP contribution is -2.62. The second-order valence-electron chi connectivity index (χ2n) is 24.5. The Morgan fingerprint density at radius 3 is 1.32 bits per heavy atom. The first kappa shape index (κ1) is 45.3. The fourth-order valence-electron chi connectivity index (χ4n) is 18.7. The molecule has 0 aromatic rings. The molecule has 0 amide bonds. The molecule has 0 aliphatic heterocycles. The predicted molar refractivity (Wildman–Crippen MR) is 236 cm³/mol. The molecule has 0 unspecified atom stereocenters. The van der Waals surface area contributed by atoms with E-state index >= 15 is 0 Å². The smallest absolute Gasteiger partial charge is 0.0602 e. The summed E-state index contributed by atoms with van der Waals surface area (Å²) in [7, 11) is 0. The van der Waals surface area contributed by atoms with Gasteiger partial charge in [0.05, 0.1) is 36.6 Å². The van der Waals surface area contributed by atoms with E-state index in [0.29, 0.717) is 59.2 Å². The standard InChI is InChI=1S/C52H91NO6/c1-8-9-22-53(23-10-12-31(2)37-14-16-39-47-41(29-45(58)51(37,39)6)49(4)20-18-35(54)25-33(49)27-43(47)56)24-11-13-32(3)38-15-17-40-48-42(30-46(59)52(38,40)7)50(5)21-19-36(55)26-34(50)28-44(48)57/h31-48,54-59H,8-30H2,1-7H3/t31-,32-,33+,34+,35-,36-,37-,38-,39+,40+,41+,42+,43-,44-,45+,46+,47+,48+,49+,50+,51-,52-/m1/s1. The number of hydrogen-bond donors (Lipinski definition) is 6. The van der Waals surface area contributed by atoms with Crippen LogP contribution in [-0.4, -0.2) is 91.8 Å². The summed E-state index contributed by atoms with van der Waals surface area (Å²) in [5.41, 5.74) is -0.0193. The Kier molecular flexibility index (Phi) is 13.3. The molecule has 0 heterocycles. The Balaban J connectivity index is 0.846. The van der Waals surface area contributed by atoms with E-state index in [4.69, 9.17) is 0 Å². The van der Waals surface area contributed by atoms with Crippen LogP contribution in [0, 0.1) is 92.7 Å². The van der Waals surface area contributed by atoms with E-state index in [1.54, 1.807) is 0 Å². The van der Waals surface area contributed by atoms with Gasteiger partial charge in [-0.3, -0.25) is 0 Å². The number of unbranched alkanes of at least 4 members (excludes halogenated alkanes) is 1. The van der Waals surface area contributed by atoms with Crippen LogP contribution >= 0.6 is 0 Å². The summed E-state index contributed by atoms with van der Waals surface area (Å²) in [6.07, 6.45) is 18.8. The monoisotopic (exact) mass is 826 g/mol. The van der Waals surface area contributed by atoms with Crippen molar-refractivity contribution in [3.8, 4) is 0 Å². The third kappa shape index (κ3) is 7.58. The van der Waals surface area contributed by atoms with Crippen LogP contribution in [0.4, 0.5) is 0 Å². The summed E-state index contributed by atoms with van der Waals surface area (Å²) in [5.74, 6) is 4.86. The van der Waals surface area contributed by atoms with E-state index in [1.807, 2.05) is 0 Å². The maximum atomic E-state index is 12.1. The molecular formula is C52H91NO6. The molecule has 7 nitrogen and oxygen atoms in total. The third-order valence-electron chi connectivity index (χ3n) is 22.1. The van der Waals surface area contributed by atoms with E-state index in [2.05, 4.69) is 53.4 Å². The zero-order chi connectivity index (χ0) is 42.2. The fraction of sp³-hybridized carbons (Fsp3) is 1.00. The lowest BCUT2D eigenvalue weighted by molar-refractivity contribution is -0.207. The van der Waals surface area contributed by atoms with Crippen molar-refractivity contribution in [3.63, 3.8) is 0 Å². The second-order valence-corrected chi connectivity index (χ2v) is 24.5. The molecule has 0 saturated heterocycles. The molecular weight excluding hydrogens is 735 g/mol. The molecule has 8 aliphatic rings. The van der Waals surface area contributed by atoms with Gasteiger partial charge < -0.3 is 35.5 Å². The lowest BCUT2D eigenvalue weighted by atomic mass is 9.43. The van der Waals surface area contributed by atoms with Crippen LogP contribution in [0.25, 0.3) is 0 Å². The quantitative estimate of drug-likeness (QED) is 0.110. The minimum Gasteiger partial charge on any atom is -0.393 e. The normalized spacial score (nSPS) is 52.8. The molecule has 22 atom stereocenters. The van der Waals surface area contributed by atoms with Gasteiger partial charge in [-0.15, -0.1) is 0 Å². The highest BCUT2D eigenvalue weighted by atomic mass is 16.3. The topological polar surface area (TPSA) is 125 Å². The van der Waals surface area contributed by atoms with E-state index < -0.39 is 0 Å². The Labute approximate surface area is 360 Å². The summed E-state index contributed by atoms with van der Waals surface area (Å²) in [6, 6.07) is 0. The van der Waals surface area contributed by atoms with Crippen molar-refractivity contribution >= 4 is 0 Å². The molecule has 59 heavy (non-hydrogen) atoms. The van der Waals surface area contributed by atoms with E-state index in [0.717, 1.165) is 90.1 Å². The number of hydrogen-bond acceptors (Lipinski definition) is 7. The first-order chi connectivity index (χ1) is 28.0. The molecule has 0 aromatic heterocycles. The number of aliphatic hydroxyl groups is 6. The molecule has 0 spiro atoms. The summed E-state index contributed by atoms with van der Waals surface area (Å²) in [4.78, 5) is 2.74. The van der Waals surface area contributed by atoms with Crippen LogP contribution in [0.1, 0.15) is 177 Å². The molecule has 0 bridgehead atoms. The largest absolute Gasteiger partial charge is 0.393 e. The van der Waals surface area contributed by atoms with Crippen LogP contribution in [0.2, 0.25) is 0 Å². The summed E-state index contributed by atoms with van der Waals surface area (Å²) < 4.78 is 0. The summed E-state index contributed by atoms with van der Waals surface area (Å²) in [6.45, 7) is 20.4. The van der Waals surface area contributed by atoms with E-state index in [1.165, 1.54) is 57.9 Å². The molecule has 340 valence electrons. The highest BCUT2D eigenvalue weighted by molar-refractivity contribution is 5.16. The first-order valence-corrected chi connectivity index (χ1v) is 25.8. The molecule has 0 aromatic carbocycles. The SMILES string of the molecule is CCCCN(CCC[C@@H](C)[C@H]1CC[C@H]2[C@@H]3[C@H](O)C[C@@H]4C[C@H](O)CC[C@]4(C)[C@H]3C[C@H](O)[C@]12C)CCC[C@@H](C)[C@H]1CC[C@H]2[C@@H]3[C@H](O)C[C@@H]4C[C@H](O)CC[C@]4(C)[C@H]3C[C@H](O)[C@]12C. The second kappa shape index (κ2) is 17.3. The van der Waals surface area contributed by atoms with Gasteiger partial charge in [-0.1, -0.05) is 54.9 Å². The average molecular weight is 826 g/mol. The van der Waals surface area contributed by atoms with Gasteiger partial charge in [-0.25, -0.2) is 0 Å². The average Bonchev–Trinajstić information content (AvgIpc) is 3.74. The highest BCUT2D eigenvalue weighted by Crippen LogP contribution is 2.70. The third-order valence-corrected chi connectivity index (χ3v) is 22.1. The molecule has 8 fully saturated rings. The van der Waals surface area contributed by atoms with Crippen molar-refractivity contribution in [1.82, 2.24) is 4.90 Å². The van der Waals surface area contributed by atoms with Crippen molar-refractivity contribution in [2.75, 3.05) is 19.6 Å². The van der Waals surface area contributed by atoms with Gasteiger partial charge in [0.1, 0.15) is 0 Å². The predicted octanol–water partition coefficient (Wildman–Crippen LogP) is 8.84. The van der Waals surface area contributed by atoms with Crippen molar-refractivity contribution in [1.29, 1.82) is 0 Å². The van der Waals surface area contributed by atoms with E-state index in [9.17, 15) is 30.6 Å². The van der Waals surface area contributed by atoms with Crippen LogP contribution in [0.5, 0.6) is 0 Å². The molecule has 8 aliphatic carbocycles. The number of aliphatic hydroxyl groups excluding tert-OH is 6. The summed E-state index contributed by atoms with van der Waals surface area (Å²) >= 11 is 0. The van der Waals surface area contributed by atoms with Crippen LogP contribution in [0.3, 0.4) is 0 Å². The van der Waals surface area contributed by atoms with Crippen LogP contribution in [0.15, 0.2) is 0 Å². The maximum Gasteiger partial charge on any atom is 0.0602 e. The molecule has 8 rings (SSSR count). The van der Waals surface area contributed by atoms with Crippen molar-refractivity contribution in [2.24, 2.45) is 92.7 Å². The zero-order valence-corrected chi connectivity index (χ0v) is 38.8. The van der Waals surface area contributed by atoms with Gasteiger partial charge in [0.2, 0.25) is 0 Å². The number of nitrogens with zero attached hydrogens (tertiary/aromatic N) is 1. The van der Waals surface area contributed by atoms with Crippen LogP contribution in [-0.2, 0) is 0 Å². The Morgan fingerprint density at radius 2 is 0.915 bits per heavy atom. The Morgan fingerprint density at radius 1 is 0.508 bits per heavy atom. The molecule has 6 N–H and O–H groups in total. The van der Waals surface area contributed by atoms with Gasteiger partial charge in [0.25, 0.3) is 0 Å². The molecule has 8 saturated carbocycles. The number of rotatable bonds is 13. The molecule has 0 radical (unpaired) electrons. The van der Waals surface area contributed by atoms with Gasteiger partial charge in [0.15, 0.2) is 0 Å². The number of fused-ring (bicyclic) bond motifs is 10. The zero-order valence-electron chi connectivity index (χ0n) is 38.8. The summed E-state index contributed by atoms with van der Waals surface area (Å²) in [5, 5.41) is 68.7. The van der Waals surface area contributed by atoms with Crippen molar-refractivity contribution < 1.29 is 30.6 Å². The van der Waals surface area contributed by atoms with Crippen LogP contribution < -0.4 is 0 Å². The van der Waals surface area contributed by atoms with Gasteiger partial charge in [-0.05, 0) is 234 Å². The highest BCUT2D eigenvalue weighted by Gasteiger charge is 2.67. The maximum absolute atomic E-state index is 12.1. The van der Waals surface area contributed by atoms with Gasteiger partial charge in [-0.2, -0.15) is 0 Å². The fourth-order valence-corrected chi connectivity index (χ4v) is 18.7. The minimum absolute atomic E-state index is 0.121. The Bertz CT molecular complexity index is 1330. The minimum atomic E-state index is -0.315. The van der Waals surface area contributed by atoms with Crippen molar-refractivity contribution in [3.05, 3.63) is 0 Å².